The third kappa shape index (κ3) is 2.37. The Bertz CT molecular complexity index is 324. The van der Waals surface area contributed by atoms with Gasteiger partial charge in [-0.2, -0.15) is 0 Å². The first-order chi connectivity index (χ1) is 7.31. The van der Waals surface area contributed by atoms with Crippen LogP contribution >= 0.6 is 0 Å². The summed E-state index contributed by atoms with van der Waals surface area (Å²) in [4.78, 5) is 0. The van der Waals surface area contributed by atoms with Gasteiger partial charge in [0.15, 0.2) is 0 Å². The standard InChI is InChI=1S/C13H18FN/c1-2-10-7-8-15-13(10)9-11-5-3-4-6-12(11)14/h3-6,10,13,15H,2,7-9H2,1H3/t10-,13+/m1/s1. The second kappa shape index (κ2) is 4.75. The lowest BCUT2D eigenvalue weighted by atomic mass is 9.92. The Morgan fingerprint density at radius 1 is 1.40 bits per heavy atom. The van der Waals surface area contributed by atoms with Gasteiger partial charge in [-0.25, -0.2) is 4.39 Å². The van der Waals surface area contributed by atoms with Crippen molar-refractivity contribution in [2.24, 2.45) is 5.92 Å². The van der Waals surface area contributed by atoms with Crippen LogP contribution < -0.4 is 5.32 Å². The first kappa shape index (κ1) is 10.6. The van der Waals surface area contributed by atoms with Gasteiger partial charge in [0.05, 0.1) is 0 Å². The SMILES string of the molecule is CC[C@@H]1CCN[C@H]1Cc1ccccc1F. The third-order valence-electron chi connectivity index (χ3n) is 3.41. The zero-order chi connectivity index (χ0) is 10.7. The van der Waals surface area contributed by atoms with Crippen molar-refractivity contribution in [1.29, 1.82) is 0 Å². The molecule has 2 heteroatoms. The van der Waals surface area contributed by atoms with Crippen molar-refractivity contribution in [2.45, 2.75) is 32.2 Å². The molecule has 0 amide bonds. The van der Waals surface area contributed by atoms with Crippen molar-refractivity contribution in [3.8, 4) is 0 Å². The van der Waals surface area contributed by atoms with E-state index in [1.165, 1.54) is 12.8 Å². The molecule has 1 fully saturated rings. The normalized spacial score (nSPS) is 25.7. The van der Waals surface area contributed by atoms with E-state index in [0.717, 1.165) is 18.5 Å². The second-order valence-corrected chi connectivity index (χ2v) is 4.31. The minimum atomic E-state index is -0.0685. The highest BCUT2D eigenvalue weighted by atomic mass is 19.1. The molecule has 1 aliphatic rings. The van der Waals surface area contributed by atoms with Gasteiger partial charge in [0.1, 0.15) is 5.82 Å². The maximum Gasteiger partial charge on any atom is 0.126 e. The first-order valence-electron chi connectivity index (χ1n) is 5.78. The van der Waals surface area contributed by atoms with Crippen LogP contribution in [0, 0.1) is 11.7 Å². The predicted octanol–water partition coefficient (Wildman–Crippen LogP) is 2.76. The molecule has 1 aromatic rings. The molecule has 1 aliphatic heterocycles. The lowest BCUT2D eigenvalue weighted by Crippen LogP contribution is -2.29. The van der Waals surface area contributed by atoms with Gasteiger partial charge in [0, 0.05) is 6.04 Å². The van der Waals surface area contributed by atoms with Gasteiger partial charge in [-0.3, -0.25) is 0 Å². The maximum atomic E-state index is 13.4. The average Bonchev–Trinajstić information content (AvgIpc) is 2.69. The number of rotatable bonds is 3. The average molecular weight is 207 g/mol. The Balaban J connectivity index is 2.05. The van der Waals surface area contributed by atoms with E-state index in [1.807, 2.05) is 12.1 Å². The van der Waals surface area contributed by atoms with E-state index >= 15 is 0 Å². The van der Waals surface area contributed by atoms with Crippen molar-refractivity contribution in [1.82, 2.24) is 5.32 Å². The Hall–Kier alpha value is -0.890. The van der Waals surface area contributed by atoms with Crippen molar-refractivity contribution < 1.29 is 4.39 Å². The molecule has 0 aliphatic carbocycles. The molecule has 0 saturated carbocycles. The Morgan fingerprint density at radius 3 is 2.93 bits per heavy atom. The molecular formula is C13H18FN. The lowest BCUT2D eigenvalue weighted by molar-refractivity contribution is 0.427. The van der Waals surface area contributed by atoms with Gasteiger partial charge in [-0.1, -0.05) is 31.5 Å². The highest BCUT2D eigenvalue weighted by molar-refractivity contribution is 5.19. The van der Waals surface area contributed by atoms with Crippen molar-refractivity contribution in [2.75, 3.05) is 6.54 Å². The Morgan fingerprint density at radius 2 is 2.20 bits per heavy atom. The van der Waals surface area contributed by atoms with Gasteiger partial charge in [0.2, 0.25) is 0 Å². The highest BCUT2D eigenvalue weighted by Crippen LogP contribution is 2.22. The first-order valence-corrected chi connectivity index (χ1v) is 5.78. The van der Waals surface area contributed by atoms with Crippen molar-refractivity contribution in [3.63, 3.8) is 0 Å². The maximum absolute atomic E-state index is 13.4. The minimum Gasteiger partial charge on any atom is -0.313 e. The number of hydrogen-bond acceptors (Lipinski definition) is 1. The van der Waals surface area contributed by atoms with Gasteiger partial charge in [-0.05, 0) is 36.9 Å². The zero-order valence-electron chi connectivity index (χ0n) is 9.17. The summed E-state index contributed by atoms with van der Waals surface area (Å²) in [5.41, 5.74) is 0.843. The summed E-state index contributed by atoms with van der Waals surface area (Å²) in [7, 11) is 0. The topological polar surface area (TPSA) is 12.0 Å². The summed E-state index contributed by atoms with van der Waals surface area (Å²) in [6.07, 6.45) is 3.24. The van der Waals surface area contributed by atoms with E-state index in [-0.39, 0.29) is 5.82 Å². The minimum absolute atomic E-state index is 0.0685. The van der Waals surface area contributed by atoms with Crippen LogP contribution in [0.15, 0.2) is 24.3 Å². The molecule has 1 heterocycles. The van der Waals surface area contributed by atoms with Crippen molar-refractivity contribution >= 4 is 0 Å². The zero-order valence-corrected chi connectivity index (χ0v) is 9.17. The van der Waals surface area contributed by atoms with E-state index < -0.39 is 0 Å². The number of nitrogens with one attached hydrogen (secondary N) is 1. The largest absolute Gasteiger partial charge is 0.313 e. The molecule has 0 unspecified atom stereocenters. The van der Waals surface area contributed by atoms with Crippen LogP contribution in [-0.2, 0) is 6.42 Å². The highest BCUT2D eigenvalue weighted by Gasteiger charge is 2.25. The summed E-state index contributed by atoms with van der Waals surface area (Å²) < 4.78 is 13.4. The van der Waals surface area contributed by atoms with Crippen LogP contribution in [0.2, 0.25) is 0 Å². The van der Waals surface area contributed by atoms with Crippen LogP contribution in [0.3, 0.4) is 0 Å². The number of benzene rings is 1. The predicted molar refractivity (Wildman–Crippen MR) is 60.3 cm³/mol. The third-order valence-corrected chi connectivity index (χ3v) is 3.41. The quantitative estimate of drug-likeness (QED) is 0.803. The van der Waals surface area contributed by atoms with E-state index in [1.54, 1.807) is 12.1 Å². The van der Waals surface area contributed by atoms with E-state index in [4.69, 9.17) is 0 Å². The summed E-state index contributed by atoms with van der Waals surface area (Å²) in [6.45, 7) is 3.30. The Kier molecular flexibility index (Phi) is 3.37. The van der Waals surface area contributed by atoms with Crippen LogP contribution in [-0.4, -0.2) is 12.6 Å². The fraction of sp³-hybridized carbons (Fsp3) is 0.538. The molecule has 0 radical (unpaired) electrons. The lowest BCUT2D eigenvalue weighted by Gasteiger charge is -2.18. The summed E-state index contributed by atoms with van der Waals surface area (Å²) >= 11 is 0. The van der Waals surface area contributed by atoms with Gasteiger partial charge in [0.25, 0.3) is 0 Å². The van der Waals surface area contributed by atoms with Crippen LogP contribution in [0.5, 0.6) is 0 Å². The molecule has 1 nitrogen and oxygen atoms in total. The summed E-state index contributed by atoms with van der Waals surface area (Å²) in [6, 6.07) is 7.56. The molecule has 82 valence electrons. The molecule has 2 atom stereocenters. The van der Waals surface area contributed by atoms with Crippen LogP contribution in [0.4, 0.5) is 4.39 Å². The fourth-order valence-corrected chi connectivity index (χ4v) is 2.45. The second-order valence-electron chi connectivity index (χ2n) is 4.31. The van der Waals surface area contributed by atoms with Crippen LogP contribution in [0.25, 0.3) is 0 Å². The van der Waals surface area contributed by atoms with E-state index in [9.17, 15) is 4.39 Å². The molecule has 0 spiro atoms. The molecule has 1 aromatic carbocycles. The molecule has 1 N–H and O–H groups in total. The molecule has 2 rings (SSSR count). The monoisotopic (exact) mass is 207 g/mol. The van der Waals surface area contributed by atoms with Gasteiger partial charge < -0.3 is 5.32 Å². The fourth-order valence-electron chi connectivity index (χ4n) is 2.45. The number of hydrogen-bond donors (Lipinski definition) is 1. The summed E-state index contributed by atoms with van der Waals surface area (Å²) in [5.74, 6) is 0.644. The molecule has 15 heavy (non-hydrogen) atoms. The van der Waals surface area contributed by atoms with E-state index in [2.05, 4.69) is 12.2 Å². The van der Waals surface area contributed by atoms with Gasteiger partial charge >= 0.3 is 0 Å². The number of halogens is 1. The van der Waals surface area contributed by atoms with Gasteiger partial charge in [-0.15, -0.1) is 0 Å². The van der Waals surface area contributed by atoms with E-state index in [0.29, 0.717) is 12.0 Å². The molecule has 1 saturated heterocycles. The van der Waals surface area contributed by atoms with Crippen molar-refractivity contribution in [3.05, 3.63) is 35.6 Å². The molecular weight excluding hydrogens is 189 g/mol. The summed E-state index contributed by atoms with van der Waals surface area (Å²) in [5, 5.41) is 3.47. The molecule has 0 aromatic heterocycles. The van der Waals surface area contributed by atoms with Crippen LogP contribution in [0.1, 0.15) is 25.3 Å². The Labute approximate surface area is 90.7 Å². The smallest absolute Gasteiger partial charge is 0.126 e. The molecule has 0 bridgehead atoms.